The van der Waals surface area contributed by atoms with Crippen LogP contribution in [0.3, 0.4) is 0 Å². The van der Waals surface area contributed by atoms with Crippen LogP contribution in [0, 0.1) is 5.92 Å². The third-order valence-electron chi connectivity index (χ3n) is 3.60. The van der Waals surface area contributed by atoms with Gasteiger partial charge in [-0.2, -0.15) is 0 Å². The highest BCUT2D eigenvalue weighted by atomic mass is 16.2. The maximum Gasteiger partial charge on any atom is 0.253 e. The molecule has 108 valence electrons. The number of nitrogens with zero attached hydrogens (tertiary/aromatic N) is 2. The first-order valence-electron chi connectivity index (χ1n) is 6.81. The van der Waals surface area contributed by atoms with Crippen LogP contribution in [0.4, 0.5) is 0 Å². The Morgan fingerprint density at radius 2 is 2.35 bits per heavy atom. The molecule has 1 aliphatic heterocycles. The van der Waals surface area contributed by atoms with Gasteiger partial charge in [-0.1, -0.05) is 0 Å². The molecule has 1 aromatic rings. The Hall–Kier alpha value is -1.95. The third kappa shape index (κ3) is 3.14. The van der Waals surface area contributed by atoms with E-state index < -0.39 is 0 Å². The molecule has 1 aromatic heterocycles. The number of pyridine rings is 1. The Morgan fingerprint density at radius 3 is 3.05 bits per heavy atom. The Kier molecular flexibility index (Phi) is 4.68. The average molecular weight is 276 g/mol. The van der Waals surface area contributed by atoms with Crippen LogP contribution in [0.1, 0.15) is 28.9 Å². The van der Waals surface area contributed by atoms with E-state index in [0.29, 0.717) is 30.9 Å². The molecular weight excluding hydrogens is 256 g/mol. The van der Waals surface area contributed by atoms with Gasteiger partial charge >= 0.3 is 0 Å². The molecule has 1 saturated heterocycles. The number of rotatable bonds is 3. The summed E-state index contributed by atoms with van der Waals surface area (Å²) in [6.07, 6.45) is 3.27. The van der Waals surface area contributed by atoms with E-state index in [9.17, 15) is 9.59 Å². The topological polar surface area (TPSA) is 88.3 Å². The minimum absolute atomic E-state index is 0.000115. The van der Waals surface area contributed by atoms with Gasteiger partial charge in [0.2, 0.25) is 5.91 Å². The monoisotopic (exact) mass is 276 g/mol. The number of hydrogen-bond donors (Lipinski definition) is 2. The van der Waals surface area contributed by atoms with E-state index in [-0.39, 0.29) is 17.7 Å². The first-order valence-corrected chi connectivity index (χ1v) is 6.81. The molecule has 6 heteroatoms. The van der Waals surface area contributed by atoms with E-state index in [2.05, 4.69) is 10.3 Å². The summed E-state index contributed by atoms with van der Waals surface area (Å²) >= 11 is 0. The van der Waals surface area contributed by atoms with Crippen molar-refractivity contribution in [2.45, 2.75) is 19.4 Å². The van der Waals surface area contributed by atoms with E-state index in [0.717, 1.165) is 12.8 Å². The smallest absolute Gasteiger partial charge is 0.253 e. The molecule has 0 bridgehead atoms. The Labute approximate surface area is 118 Å². The summed E-state index contributed by atoms with van der Waals surface area (Å²) in [5.41, 5.74) is 6.81. The number of carbonyl (C=O) groups is 2. The lowest BCUT2D eigenvalue weighted by Crippen LogP contribution is -2.44. The van der Waals surface area contributed by atoms with Crippen LogP contribution in [0.25, 0.3) is 0 Å². The molecule has 3 N–H and O–H groups in total. The van der Waals surface area contributed by atoms with E-state index in [4.69, 9.17) is 5.73 Å². The highest BCUT2D eigenvalue weighted by molar-refractivity contribution is 5.94. The van der Waals surface area contributed by atoms with Crippen LogP contribution >= 0.6 is 0 Å². The number of aromatic nitrogens is 1. The minimum atomic E-state index is -0.117. The first-order chi connectivity index (χ1) is 9.65. The van der Waals surface area contributed by atoms with Gasteiger partial charge in [0.25, 0.3) is 5.91 Å². The molecule has 0 aliphatic carbocycles. The second-order valence-electron chi connectivity index (χ2n) is 4.94. The summed E-state index contributed by atoms with van der Waals surface area (Å²) in [6, 6.07) is 3.40. The van der Waals surface area contributed by atoms with Gasteiger partial charge in [0.05, 0.1) is 11.6 Å². The number of carbonyl (C=O) groups excluding carboxylic acids is 2. The summed E-state index contributed by atoms with van der Waals surface area (Å²) in [5.74, 6) is -0.177. The van der Waals surface area contributed by atoms with Gasteiger partial charge in [-0.15, -0.1) is 0 Å². The van der Waals surface area contributed by atoms with Crippen molar-refractivity contribution in [1.82, 2.24) is 15.2 Å². The summed E-state index contributed by atoms with van der Waals surface area (Å²) < 4.78 is 0. The molecule has 1 aliphatic rings. The highest BCUT2D eigenvalue weighted by Gasteiger charge is 2.28. The molecule has 0 saturated carbocycles. The minimum Gasteiger partial charge on any atom is -0.359 e. The molecule has 1 fully saturated rings. The largest absolute Gasteiger partial charge is 0.359 e. The number of piperidine rings is 1. The zero-order valence-electron chi connectivity index (χ0n) is 11.6. The average Bonchev–Trinajstić information content (AvgIpc) is 2.53. The van der Waals surface area contributed by atoms with Crippen molar-refractivity contribution >= 4 is 11.8 Å². The number of nitrogens with one attached hydrogen (secondary N) is 1. The number of amides is 2. The summed E-state index contributed by atoms with van der Waals surface area (Å²) in [4.78, 5) is 30.0. The lowest BCUT2D eigenvalue weighted by atomic mass is 9.96. The lowest BCUT2D eigenvalue weighted by molar-refractivity contribution is -0.125. The molecule has 2 amide bonds. The lowest BCUT2D eigenvalue weighted by Gasteiger charge is -2.31. The van der Waals surface area contributed by atoms with Gasteiger partial charge in [-0.25, -0.2) is 0 Å². The van der Waals surface area contributed by atoms with Crippen molar-refractivity contribution in [2.24, 2.45) is 11.7 Å². The fourth-order valence-electron chi connectivity index (χ4n) is 2.49. The first kappa shape index (κ1) is 14.5. The maximum atomic E-state index is 12.4. The fraction of sp³-hybridized carbons (Fsp3) is 0.500. The van der Waals surface area contributed by atoms with Crippen LogP contribution < -0.4 is 11.1 Å². The molecule has 20 heavy (non-hydrogen) atoms. The van der Waals surface area contributed by atoms with Crippen LogP contribution in [-0.2, 0) is 11.3 Å². The molecule has 0 radical (unpaired) electrons. The molecule has 2 rings (SSSR count). The zero-order chi connectivity index (χ0) is 14.5. The second-order valence-corrected chi connectivity index (χ2v) is 4.94. The van der Waals surface area contributed by atoms with Crippen molar-refractivity contribution < 1.29 is 9.59 Å². The SMILES string of the molecule is CNC(=O)C1CCCN(C(=O)c2ccnc(CN)c2)C1. The Bertz CT molecular complexity index is 504. The van der Waals surface area contributed by atoms with Crippen LogP contribution in [0.5, 0.6) is 0 Å². The third-order valence-corrected chi connectivity index (χ3v) is 3.60. The van der Waals surface area contributed by atoms with Crippen molar-refractivity contribution in [1.29, 1.82) is 0 Å². The predicted molar refractivity (Wildman–Crippen MR) is 74.8 cm³/mol. The predicted octanol–water partition coefficient (Wildman–Crippen LogP) is 0.139. The van der Waals surface area contributed by atoms with E-state index in [1.54, 1.807) is 30.3 Å². The van der Waals surface area contributed by atoms with Gasteiger partial charge in [-0.3, -0.25) is 14.6 Å². The van der Waals surface area contributed by atoms with Gasteiger partial charge in [0.1, 0.15) is 0 Å². The van der Waals surface area contributed by atoms with Crippen molar-refractivity contribution in [3.63, 3.8) is 0 Å². The number of nitrogens with two attached hydrogens (primary N) is 1. The molecule has 2 heterocycles. The summed E-state index contributed by atoms with van der Waals surface area (Å²) in [5, 5.41) is 2.65. The molecule has 0 spiro atoms. The van der Waals surface area contributed by atoms with Gasteiger partial charge in [-0.05, 0) is 25.0 Å². The van der Waals surface area contributed by atoms with Crippen molar-refractivity contribution in [3.8, 4) is 0 Å². The Morgan fingerprint density at radius 1 is 1.55 bits per heavy atom. The number of likely N-dealkylation sites (tertiary alicyclic amines) is 1. The van der Waals surface area contributed by atoms with E-state index in [1.165, 1.54) is 0 Å². The molecule has 1 unspecified atom stereocenters. The zero-order valence-corrected chi connectivity index (χ0v) is 11.6. The molecule has 6 nitrogen and oxygen atoms in total. The van der Waals surface area contributed by atoms with Crippen molar-refractivity contribution in [3.05, 3.63) is 29.6 Å². The quantitative estimate of drug-likeness (QED) is 0.822. The highest BCUT2D eigenvalue weighted by Crippen LogP contribution is 2.19. The van der Waals surface area contributed by atoms with Gasteiger partial charge in [0, 0.05) is 38.4 Å². The van der Waals surface area contributed by atoms with Crippen LogP contribution in [0.15, 0.2) is 18.3 Å². The van der Waals surface area contributed by atoms with E-state index in [1.807, 2.05) is 0 Å². The fourth-order valence-corrected chi connectivity index (χ4v) is 2.49. The standard InChI is InChI=1S/C14H20N4O2/c1-16-13(19)11-3-2-6-18(9-11)14(20)10-4-5-17-12(7-10)8-15/h4-5,7,11H,2-3,6,8-9,15H2,1H3,(H,16,19). The molecule has 1 atom stereocenters. The number of hydrogen-bond acceptors (Lipinski definition) is 4. The van der Waals surface area contributed by atoms with Gasteiger partial charge < -0.3 is 16.0 Å². The van der Waals surface area contributed by atoms with E-state index >= 15 is 0 Å². The van der Waals surface area contributed by atoms with Gasteiger partial charge in [0.15, 0.2) is 0 Å². The van der Waals surface area contributed by atoms with Crippen LogP contribution in [-0.4, -0.2) is 41.8 Å². The molecule has 0 aromatic carbocycles. The molecular formula is C14H20N4O2. The Balaban J connectivity index is 2.10. The summed E-state index contributed by atoms with van der Waals surface area (Å²) in [6.45, 7) is 1.47. The second kappa shape index (κ2) is 6.47. The van der Waals surface area contributed by atoms with Crippen LogP contribution in [0.2, 0.25) is 0 Å². The maximum absolute atomic E-state index is 12.4. The van der Waals surface area contributed by atoms with Crippen molar-refractivity contribution in [2.75, 3.05) is 20.1 Å². The summed E-state index contributed by atoms with van der Waals surface area (Å²) in [7, 11) is 1.62. The normalized spacial score (nSPS) is 18.7.